The molecule has 134 valence electrons. The van der Waals surface area contributed by atoms with Gasteiger partial charge in [0.2, 0.25) is 5.71 Å². The number of hydrogen-bond donors (Lipinski definition) is 2. The SMILES string of the molecule is Cc1ccnc(CNC(=O)c2coc3nc(C)nc(NC4(C)CC4)c23)n1. The van der Waals surface area contributed by atoms with Crippen LogP contribution in [0.2, 0.25) is 0 Å². The van der Waals surface area contributed by atoms with Crippen LogP contribution in [0.25, 0.3) is 11.1 Å². The number of furan rings is 1. The standard InChI is InChI=1S/C18H20N6O2/c1-10-4-7-19-13(21-10)8-20-16(25)12-9-26-17-14(12)15(22-11(2)23-17)24-18(3)5-6-18/h4,7,9H,5-6,8H2,1-3H3,(H,20,25)(H,22,23,24). The van der Waals surface area contributed by atoms with E-state index < -0.39 is 0 Å². The average Bonchev–Trinajstić information content (AvgIpc) is 3.15. The van der Waals surface area contributed by atoms with Crippen molar-refractivity contribution < 1.29 is 9.21 Å². The number of aromatic nitrogens is 4. The summed E-state index contributed by atoms with van der Waals surface area (Å²) < 4.78 is 5.51. The third kappa shape index (κ3) is 3.22. The quantitative estimate of drug-likeness (QED) is 0.727. The Morgan fingerprint density at radius 3 is 2.81 bits per heavy atom. The van der Waals surface area contributed by atoms with Crippen molar-refractivity contribution in [3.63, 3.8) is 0 Å². The molecule has 1 fully saturated rings. The number of aryl methyl sites for hydroxylation is 2. The fourth-order valence-corrected chi connectivity index (χ4v) is 2.75. The normalized spacial score (nSPS) is 15.0. The minimum absolute atomic E-state index is 0.0220. The maximum absolute atomic E-state index is 12.7. The van der Waals surface area contributed by atoms with Gasteiger partial charge in [-0.3, -0.25) is 4.79 Å². The van der Waals surface area contributed by atoms with Gasteiger partial charge in [0, 0.05) is 17.4 Å². The summed E-state index contributed by atoms with van der Waals surface area (Å²) in [5, 5.41) is 6.86. The van der Waals surface area contributed by atoms with Gasteiger partial charge in [-0.05, 0) is 39.7 Å². The molecule has 1 aliphatic rings. The number of fused-ring (bicyclic) bond motifs is 1. The van der Waals surface area contributed by atoms with Gasteiger partial charge in [-0.15, -0.1) is 0 Å². The number of rotatable bonds is 5. The Hall–Kier alpha value is -3.03. The Balaban J connectivity index is 1.62. The molecular weight excluding hydrogens is 332 g/mol. The first-order valence-corrected chi connectivity index (χ1v) is 8.54. The highest BCUT2D eigenvalue weighted by molar-refractivity contribution is 6.08. The number of carbonyl (C=O) groups excluding carboxylic acids is 1. The van der Waals surface area contributed by atoms with Crippen LogP contribution in [0.1, 0.15) is 47.5 Å². The van der Waals surface area contributed by atoms with E-state index in [0.717, 1.165) is 18.5 Å². The van der Waals surface area contributed by atoms with Crippen LogP contribution in [-0.2, 0) is 6.54 Å². The molecule has 3 aromatic heterocycles. The van der Waals surface area contributed by atoms with Gasteiger partial charge < -0.3 is 15.1 Å². The van der Waals surface area contributed by atoms with Crippen LogP contribution in [0, 0.1) is 13.8 Å². The van der Waals surface area contributed by atoms with E-state index in [1.807, 2.05) is 13.0 Å². The lowest BCUT2D eigenvalue weighted by Crippen LogP contribution is -2.24. The molecule has 0 saturated heterocycles. The highest BCUT2D eigenvalue weighted by Crippen LogP contribution is 2.39. The van der Waals surface area contributed by atoms with Crippen molar-refractivity contribution in [2.24, 2.45) is 0 Å². The summed E-state index contributed by atoms with van der Waals surface area (Å²) in [5.41, 5.74) is 1.68. The Morgan fingerprint density at radius 1 is 1.27 bits per heavy atom. The molecule has 0 unspecified atom stereocenters. The fraction of sp³-hybridized carbons (Fsp3) is 0.389. The molecule has 0 bridgehead atoms. The maximum atomic E-state index is 12.7. The minimum atomic E-state index is -0.273. The van der Waals surface area contributed by atoms with E-state index >= 15 is 0 Å². The van der Waals surface area contributed by atoms with Crippen LogP contribution in [-0.4, -0.2) is 31.4 Å². The van der Waals surface area contributed by atoms with Gasteiger partial charge in [0.15, 0.2) is 0 Å². The number of amides is 1. The van der Waals surface area contributed by atoms with E-state index in [9.17, 15) is 4.79 Å². The second-order valence-electron chi connectivity index (χ2n) is 6.93. The van der Waals surface area contributed by atoms with Crippen LogP contribution in [0.5, 0.6) is 0 Å². The molecular formula is C18H20N6O2. The molecule has 1 amide bonds. The largest absolute Gasteiger partial charge is 0.445 e. The molecule has 8 heteroatoms. The van der Waals surface area contributed by atoms with E-state index in [1.165, 1.54) is 6.26 Å². The first kappa shape index (κ1) is 16.4. The first-order valence-electron chi connectivity index (χ1n) is 8.54. The molecule has 8 nitrogen and oxygen atoms in total. The predicted molar refractivity (Wildman–Crippen MR) is 95.7 cm³/mol. The third-order valence-electron chi connectivity index (χ3n) is 4.46. The summed E-state index contributed by atoms with van der Waals surface area (Å²) in [5.74, 6) is 1.52. The van der Waals surface area contributed by atoms with Gasteiger partial charge in [-0.1, -0.05) is 0 Å². The van der Waals surface area contributed by atoms with E-state index in [-0.39, 0.29) is 18.0 Å². The Labute approximate surface area is 150 Å². The molecule has 1 saturated carbocycles. The van der Waals surface area contributed by atoms with Gasteiger partial charge in [-0.25, -0.2) is 15.0 Å². The summed E-state index contributed by atoms with van der Waals surface area (Å²) in [4.78, 5) is 29.9. The summed E-state index contributed by atoms with van der Waals surface area (Å²) in [6.45, 7) is 6.05. The molecule has 2 N–H and O–H groups in total. The Morgan fingerprint density at radius 2 is 2.08 bits per heavy atom. The van der Waals surface area contributed by atoms with Crippen molar-refractivity contribution in [3.05, 3.63) is 41.4 Å². The smallest absolute Gasteiger partial charge is 0.255 e. The highest BCUT2D eigenvalue weighted by atomic mass is 16.3. The Kier molecular flexibility index (Phi) is 3.82. The van der Waals surface area contributed by atoms with Crippen molar-refractivity contribution >= 4 is 22.8 Å². The van der Waals surface area contributed by atoms with Crippen LogP contribution in [0.4, 0.5) is 5.82 Å². The van der Waals surface area contributed by atoms with Crippen molar-refractivity contribution in [1.29, 1.82) is 0 Å². The molecule has 1 aliphatic carbocycles. The maximum Gasteiger partial charge on any atom is 0.255 e. The van der Waals surface area contributed by atoms with Crippen LogP contribution in [0.3, 0.4) is 0 Å². The number of anilines is 1. The molecule has 0 aliphatic heterocycles. The number of nitrogens with one attached hydrogen (secondary N) is 2. The molecule has 0 spiro atoms. The van der Waals surface area contributed by atoms with E-state index in [1.54, 1.807) is 13.1 Å². The van der Waals surface area contributed by atoms with Gasteiger partial charge in [0.25, 0.3) is 5.91 Å². The van der Waals surface area contributed by atoms with E-state index in [0.29, 0.717) is 34.1 Å². The van der Waals surface area contributed by atoms with Gasteiger partial charge in [-0.2, -0.15) is 4.98 Å². The van der Waals surface area contributed by atoms with E-state index in [2.05, 4.69) is 37.5 Å². The van der Waals surface area contributed by atoms with Crippen molar-refractivity contribution in [2.75, 3.05) is 5.32 Å². The van der Waals surface area contributed by atoms with Gasteiger partial charge in [0.05, 0.1) is 17.5 Å². The average molecular weight is 352 g/mol. The minimum Gasteiger partial charge on any atom is -0.445 e. The van der Waals surface area contributed by atoms with Gasteiger partial charge >= 0.3 is 0 Å². The lowest BCUT2D eigenvalue weighted by atomic mass is 10.2. The number of carbonyl (C=O) groups is 1. The Bertz CT molecular complexity index is 993. The second-order valence-corrected chi connectivity index (χ2v) is 6.93. The number of nitrogens with zero attached hydrogens (tertiary/aromatic N) is 4. The highest BCUT2D eigenvalue weighted by Gasteiger charge is 2.38. The van der Waals surface area contributed by atoms with E-state index in [4.69, 9.17) is 4.42 Å². The van der Waals surface area contributed by atoms with Gasteiger partial charge in [0.1, 0.15) is 23.7 Å². The van der Waals surface area contributed by atoms with Crippen LogP contribution in [0.15, 0.2) is 22.9 Å². The lowest BCUT2D eigenvalue weighted by Gasteiger charge is -2.13. The summed E-state index contributed by atoms with van der Waals surface area (Å²) in [6.07, 6.45) is 5.24. The lowest BCUT2D eigenvalue weighted by molar-refractivity contribution is 0.0950. The second kappa shape index (κ2) is 6.05. The summed E-state index contributed by atoms with van der Waals surface area (Å²) in [7, 11) is 0. The molecule has 3 aromatic rings. The molecule has 4 rings (SSSR count). The van der Waals surface area contributed by atoms with Crippen LogP contribution >= 0.6 is 0 Å². The zero-order valence-electron chi connectivity index (χ0n) is 15.0. The summed E-state index contributed by atoms with van der Waals surface area (Å²) in [6, 6.07) is 1.81. The van der Waals surface area contributed by atoms with Crippen LogP contribution < -0.4 is 10.6 Å². The van der Waals surface area contributed by atoms with Crippen molar-refractivity contribution in [1.82, 2.24) is 25.3 Å². The number of hydrogen-bond acceptors (Lipinski definition) is 7. The zero-order valence-corrected chi connectivity index (χ0v) is 15.0. The van der Waals surface area contributed by atoms with Crippen molar-refractivity contribution in [2.45, 2.75) is 45.7 Å². The molecule has 0 radical (unpaired) electrons. The summed E-state index contributed by atoms with van der Waals surface area (Å²) >= 11 is 0. The first-order chi connectivity index (χ1) is 12.4. The van der Waals surface area contributed by atoms with Crippen molar-refractivity contribution in [3.8, 4) is 0 Å². The monoisotopic (exact) mass is 352 g/mol. The predicted octanol–water partition coefficient (Wildman–Crippen LogP) is 2.52. The molecule has 0 aromatic carbocycles. The zero-order chi connectivity index (χ0) is 18.3. The third-order valence-corrected chi connectivity index (χ3v) is 4.46. The molecule has 3 heterocycles. The molecule has 26 heavy (non-hydrogen) atoms. The molecule has 0 atom stereocenters. The fourth-order valence-electron chi connectivity index (χ4n) is 2.75. The topological polar surface area (TPSA) is 106 Å².